The number of amides is 1. The van der Waals surface area contributed by atoms with Gasteiger partial charge in [-0.2, -0.15) is 0 Å². The second-order valence-electron chi connectivity index (χ2n) is 9.61. The molecule has 206 valence electrons. The van der Waals surface area contributed by atoms with E-state index in [1.165, 1.54) is 36.4 Å². The Bertz CT molecular complexity index is 1480. The molecule has 2 aromatic carbocycles. The van der Waals surface area contributed by atoms with Crippen LogP contribution in [0.3, 0.4) is 0 Å². The Balaban J connectivity index is 1.54. The maximum atomic E-state index is 13.4. The Kier molecular flexibility index (Phi) is 7.46. The molecule has 2 aliphatic rings. The lowest BCUT2D eigenvalue weighted by Gasteiger charge is -2.44. The molecule has 1 saturated heterocycles. The van der Waals surface area contributed by atoms with Crippen LogP contribution < -0.4 is 19.9 Å². The van der Waals surface area contributed by atoms with Gasteiger partial charge in [0.25, 0.3) is 0 Å². The number of hydrogen-bond donors (Lipinski definition) is 1. The summed E-state index contributed by atoms with van der Waals surface area (Å²) < 4.78 is 50.2. The first-order valence-electron chi connectivity index (χ1n) is 12.9. The summed E-state index contributed by atoms with van der Waals surface area (Å²) in [6, 6.07) is 13.4. The Morgan fingerprint density at radius 2 is 1.82 bits per heavy atom. The predicted molar refractivity (Wildman–Crippen MR) is 147 cm³/mol. The number of halogens is 1. The number of benzene rings is 2. The van der Waals surface area contributed by atoms with Crippen molar-refractivity contribution in [3.8, 4) is 11.5 Å². The number of fused-ring (bicyclic) bond motifs is 1. The van der Waals surface area contributed by atoms with Crippen LogP contribution in [0.1, 0.15) is 26.7 Å². The molecule has 3 heterocycles. The van der Waals surface area contributed by atoms with E-state index in [1.54, 1.807) is 31.0 Å². The smallest absolute Gasteiger partial charge is 0.249 e. The number of carbonyl (C=O) groups is 1. The maximum absolute atomic E-state index is 13.4. The van der Waals surface area contributed by atoms with Gasteiger partial charge in [0.05, 0.1) is 22.0 Å². The molecule has 1 N–H and O–H groups in total. The van der Waals surface area contributed by atoms with Crippen LogP contribution in [0.5, 0.6) is 11.5 Å². The standard InChI is InChI=1S/C28H31FN4O5S/c1-4-39(35,36)22-9-11-25(38-21-7-5-19(29)6-8-21)23(17-22)30-26-12-10-24-27(31-26)33(18(2)28(34)32(24)3)20-13-15-37-16-14-20/h5-12,17-18,20H,4,13-16H2,1-3H3,(H,30,31)/t18-/m1/s1. The van der Waals surface area contributed by atoms with Crippen molar-refractivity contribution in [2.75, 3.05) is 41.1 Å². The Morgan fingerprint density at radius 3 is 2.51 bits per heavy atom. The molecule has 0 radical (unpaired) electrons. The van der Waals surface area contributed by atoms with Gasteiger partial charge in [-0.25, -0.2) is 17.8 Å². The Hall–Kier alpha value is -3.70. The zero-order valence-electron chi connectivity index (χ0n) is 22.1. The molecule has 5 rings (SSSR count). The molecule has 1 fully saturated rings. The number of nitrogens with zero attached hydrogens (tertiary/aromatic N) is 3. The van der Waals surface area contributed by atoms with Crippen LogP contribution >= 0.6 is 0 Å². The van der Waals surface area contributed by atoms with Crippen molar-refractivity contribution in [2.24, 2.45) is 0 Å². The van der Waals surface area contributed by atoms with E-state index in [2.05, 4.69) is 10.2 Å². The molecule has 3 aromatic rings. The number of nitrogens with one attached hydrogen (secondary N) is 1. The third kappa shape index (κ3) is 5.41. The molecule has 2 aliphatic heterocycles. The molecule has 39 heavy (non-hydrogen) atoms. The van der Waals surface area contributed by atoms with Gasteiger partial charge in [0.1, 0.15) is 23.4 Å². The normalized spacial score (nSPS) is 18.2. The van der Waals surface area contributed by atoms with E-state index in [0.717, 1.165) is 12.8 Å². The summed E-state index contributed by atoms with van der Waals surface area (Å²) in [7, 11) is -1.76. The number of sulfone groups is 1. The molecular formula is C28H31FN4O5S. The quantitative estimate of drug-likeness (QED) is 0.440. The minimum atomic E-state index is -3.50. The first-order chi connectivity index (χ1) is 18.7. The highest BCUT2D eigenvalue weighted by molar-refractivity contribution is 7.91. The lowest BCUT2D eigenvalue weighted by molar-refractivity contribution is -0.119. The molecule has 1 aromatic heterocycles. The summed E-state index contributed by atoms with van der Waals surface area (Å²) in [4.78, 5) is 21.7. The van der Waals surface area contributed by atoms with Gasteiger partial charge in [-0.3, -0.25) is 4.79 Å². The van der Waals surface area contributed by atoms with E-state index < -0.39 is 21.7 Å². The van der Waals surface area contributed by atoms with E-state index in [-0.39, 0.29) is 22.6 Å². The van der Waals surface area contributed by atoms with Crippen molar-refractivity contribution >= 4 is 38.8 Å². The average molecular weight is 555 g/mol. The minimum absolute atomic E-state index is 0.0102. The van der Waals surface area contributed by atoms with Crippen LogP contribution in [0.2, 0.25) is 0 Å². The number of anilines is 4. The zero-order chi connectivity index (χ0) is 27.7. The van der Waals surface area contributed by atoms with Gasteiger partial charge >= 0.3 is 0 Å². The van der Waals surface area contributed by atoms with Crippen LogP contribution in [-0.4, -0.2) is 57.4 Å². The second-order valence-corrected chi connectivity index (χ2v) is 11.9. The third-order valence-electron chi connectivity index (χ3n) is 7.14. The molecule has 0 spiro atoms. The molecule has 9 nitrogen and oxygen atoms in total. The summed E-state index contributed by atoms with van der Waals surface area (Å²) in [5, 5.41) is 3.23. The maximum Gasteiger partial charge on any atom is 0.249 e. The number of rotatable bonds is 7. The van der Waals surface area contributed by atoms with Crippen molar-refractivity contribution in [2.45, 2.75) is 43.7 Å². The molecule has 0 aliphatic carbocycles. The monoisotopic (exact) mass is 554 g/mol. The van der Waals surface area contributed by atoms with E-state index in [0.29, 0.717) is 47.7 Å². The van der Waals surface area contributed by atoms with Gasteiger partial charge < -0.3 is 24.6 Å². The third-order valence-corrected chi connectivity index (χ3v) is 8.88. The summed E-state index contributed by atoms with van der Waals surface area (Å²) in [6.07, 6.45) is 1.57. The fraction of sp³-hybridized carbons (Fsp3) is 0.357. The first-order valence-corrected chi connectivity index (χ1v) is 14.5. The summed E-state index contributed by atoms with van der Waals surface area (Å²) >= 11 is 0. The van der Waals surface area contributed by atoms with Crippen molar-refractivity contribution in [3.63, 3.8) is 0 Å². The Morgan fingerprint density at radius 1 is 1.10 bits per heavy atom. The number of hydrogen-bond acceptors (Lipinski definition) is 8. The highest BCUT2D eigenvalue weighted by atomic mass is 32.2. The van der Waals surface area contributed by atoms with Crippen molar-refractivity contribution in [1.29, 1.82) is 0 Å². The minimum Gasteiger partial charge on any atom is -0.455 e. The van der Waals surface area contributed by atoms with E-state index in [1.807, 2.05) is 13.0 Å². The van der Waals surface area contributed by atoms with Gasteiger partial charge in [-0.1, -0.05) is 6.92 Å². The Labute approximate surface area is 227 Å². The topological polar surface area (TPSA) is 101 Å². The fourth-order valence-electron chi connectivity index (χ4n) is 4.94. The molecule has 11 heteroatoms. The van der Waals surface area contributed by atoms with Crippen LogP contribution in [0.15, 0.2) is 59.5 Å². The predicted octanol–water partition coefficient (Wildman–Crippen LogP) is 4.90. The zero-order valence-corrected chi connectivity index (χ0v) is 22.9. The fourth-order valence-corrected chi connectivity index (χ4v) is 5.85. The summed E-state index contributed by atoms with van der Waals surface area (Å²) in [5.74, 6) is 1.40. The van der Waals surface area contributed by atoms with Crippen LogP contribution in [0, 0.1) is 5.82 Å². The first kappa shape index (κ1) is 26.9. The van der Waals surface area contributed by atoms with Gasteiger partial charge in [0.2, 0.25) is 5.91 Å². The van der Waals surface area contributed by atoms with Gasteiger partial charge in [-0.15, -0.1) is 0 Å². The summed E-state index contributed by atoms with van der Waals surface area (Å²) in [6.45, 7) is 4.70. The van der Waals surface area contributed by atoms with Crippen molar-refractivity contribution < 1.29 is 27.1 Å². The highest BCUT2D eigenvalue weighted by Gasteiger charge is 2.39. The molecule has 0 unspecified atom stereocenters. The van der Waals surface area contributed by atoms with Gasteiger partial charge in [0, 0.05) is 26.3 Å². The van der Waals surface area contributed by atoms with Crippen molar-refractivity contribution in [3.05, 3.63) is 60.4 Å². The highest BCUT2D eigenvalue weighted by Crippen LogP contribution is 2.40. The number of ether oxygens (including phenoxy) is 2. The molecule has 0 saturated carbocycles. The van der Waals surface area contributed by atoms with Crippen LogP contribution in [0.4, 0.5) is 27.4 Å². The van der Waals surface area contributed by atoms with Crippen LogP contribution in [-0.2, 0) is 19.4 Å². The number of pyridine rings is 1. The number of aromatic nitrogens is 1. The van der Waals surface area contributed by atoms with Gasteiger partial charge in [0.15, 0.2) is 21.4 Å². The molecule has 1 amide bonds. The largest absolute Gasteiger partial charge is 0.455 e. The molecule has 1 atom stereocenters. The van der Waals surface area contributed by atoms with E-state index >= 15 is 0 Å². The van der Waals surface area contributed by atoms with Crippen molar-refractivity contribution in [1.82, 2.24) is 4.98 Å². The SMILES string of the molecule is CCS(=O)(=O)c1ccc(Oc2ccc(F)cc2)c(Nc2ccc3c(n2)N(C2CCOCC2)[C@H](C)C(=O)N3C)c1. The lowest BCUT2D eigenvalue weighted by atomic mass is 10.0. The van der Waals surface area contributed by atoms with E-state index in [9.17, 15) is 17.6 Å². The number of likely N-dealkylation sites (N-methyl/N-ethyl adjacent to an activating group) is 1. The molecular weight excluding hydrogens is 523 g/mol. The molecule has 0 bridgehead atoms. The average Bonchev–Trinajstić information content (AvgIpc) is 2.94. The summed E-state index contributed by atoms with van der Waals surface area (Å²) in [5.41, 5.74) is 1.08. The van der Waals surface area contributed by atoms with Crippen LogP contribution in [0.25, 0.3) is 0 Å². The van der Waals surface area contributed by atoms with Gasteiger partial charge in [-0.05, 0) is 74.4 Å². The lowest BCUT2D eigenvalue weighted by Crippen LogP contribution is -2.56. The second kappa shape index (κ2) is 10.8. The van der Waals surface area contributed by atoms with E-state index in [4.69, 9.17) is 14.5 Å². The number of carbonyl (C=O) groups excluding carboxylic acids is 1.